The molecule has 2 N–H and O–H groups in total. The molecule has 1 aromatic heterocycles. The van der Waals surface area contributed by atoms with Crippen LogP contribution in [-0.2, 0) is 17.6 Å². The molecule has 2 aliphatic rings. The van der Waals surface area contributed by atoms with Crippen LogP contribution in [0.3, 0.4) is 0 Å². The van der Waals surface area contributed by atoms with Crippen LogP contribution in [0.4, 0.5) is 10.8 Å². The van der Waals surface area contributed by atoms with Gasteiger partial charge in [-0.15, -0.1) is 23.1 Å². The SMILES string of the molecule is O=C1CSc2ccc(C(=O)Nc3nc4c(s3)CCCC4)cc2N1. The molecule has 1 aromatic carbocycles. The van der Waals surface area contributed by atoms with E-state index >= 15 is 0 Å². The van der Waals surface area contributed by atoms with E-state index in [-0.39, 0.29) is 11.8 Å². The number of fused-ring (bicyclic) bond motifs is 2. The van der Waals surface area contributed by atoms with E-state index in [1.54, 1.807) is 23.5 Å². The first-order valence-corrected chi connectivity index (χ1v) is 9.36. The summed E-state index contributed by atoms with van der Waals surface area (Å²) in [5.74, 6) is 0.194. The van der Waals surface area contributed by atoms with Crippen LogP contribution < -0.4 is 10.6 Å². The molecule has 0 saturated heterocycles. The number of benzene rings is 1. The molecule has 0 saturated carbocycles. The van der Waals surface area contributed by atoms with Gasteiger partial charge in [-0.1, -0.05) is 0 Å². The number of thioether (sulfide) groups is 1. The van der Waals surface area contributed by atoms with E-state index in [4.69, 9.17) is 0 Å². The van der Waals surface area contributed by atoms with E-state index in [9.17, 15) is 9.59 Å². The maximum absolute atomic E-state index is 12.4. The molecule has 1 aliphatic heterocycles. The first-order valence-electron chi connectivity index (χ1n) is 7.56. The monoisotopic (exact) mass is 345 g/mol. The molecular formula is C16H15N3O2S2. The topological polar surface area (TPSA) is 71.1 Å². The number of aryl methyl sites for hydroxylation is 2. The van der Waals surface area contributed by atoms with Gasteiger partial charge in [0.25, 0.3) is 5.91 Å². The van der Waals surface area contributed by atoms with Crippen molar-refractivity contribution in [2.45, 2.75) is 30.6 Å². The molecule has 0 radical (unpaired) electrons. The summed E-state index contributed by atoms with van der Waals surface area (Å²) in [5, 5.41) is 6.35. The zero-order valence-electron chi connectivity index (χ0n) is 12.3. The van der Waals surface area contributed by atoms with Crippen molar-refractivity contribution in [1.29, 1.82) is 0 Å². The molecule has 0 bridgehead atoms. The highest BCUT2D eigenvalue weighted by Crippen LogP contribution is 2.33. The average Bonchev–Trinajstić information content (AvgIpc) is 2.96. The number of carbonyl (C=O) groups excluding carboxylic acids is 2. The smallest absolute Gasteiger partial charge is 0.257 e. The summed E-state index contributed by atoms with van der Waals surface area (Å²) in [4.78, 5) is 30.7. The molecule has 0 fully saturated rings. The number of hydrogen-bond donors (Lipinski definition) is 2. The largest absolute Gasteiger partial charge is 0.324 e. The predicted octanol–water partition coefficient (Wildman–Crippen LogP) is 3.32. The van der Waals surface area contributed by atoms with Crippen molar-refractivity contribution in [3.63, 3.8) is 0 Å². The molecule has 118 valence electrons. The van der Waals surface area contributed by atoms with Gasteiger partial charge in [-0.3, -0.25) is 14.9 Å². The van der Waals surface area contributed by atoms with E-state index in [1.165, 1.54) is 29.5 Å². The van der Waals surface area contributed by atoms with Gasteiger partial charge >= 0.3 is 0 Å². The van der Waals surface area contributed by atoms with Gasteiger partial charge in [0.1, 0.15) is 0 Å². The molecule has 2 heterocycles. The van der Waals surface area contributed by atoms with Crippen LogP contribution in [0.5, 0.6) is 0 Å². The van der Waals surface area contributed by atoms with Crippen molar-refractivity contribution >= 4 is 45.7 Å². The quantitative estimate of drug-likeness (QED) is 0.876. The van der Waals surface area contributed by atoms with Crippen molar-refractivity contribution < 1.29 is 9.59 Å². The van der Waals surface area contributed by atoms with Gasteiger partial charge < -0.3 is 5.32 Å². The zero-order chi connectivity index (χ0) is 15.8. The normalized spacial score (nSPS) is 16.3. The average molecular weight is 345 g/mol. The summed E-state index contributed by atoms with van der Waals surface area (Å²) in [6.07, 6.45) is 4.44. The molecule has 2 amide bonds. The molecule has 23 heavy (non-hydrogen) atoms. The highest BCUT2D eigenvalue weighted by atomic mass is 32.2. The van der Waals surface area contributed by atoms with Gasteiger partial charge in [0.05, 0.1) is 17.1 Å². The van der Waals surface area contributed by atoms with E-state index in [0.29, 0.717) is 22.1 Å². The molecule has 1 aliphatic carbocycles. The lowest BCUT2D eigenvalue weighted by molar-refractivity contribution is -0.113. The van der Waals surface area contributed by atoms with Crippen molar-refractivity contribution in [3.8, 4) is 0 Å². The van der Waals surface area contributed by atoms with E-state index in [0.717, 1.165) is 23.4 Å². The summed E-state index contributed by atoms with van der Waals surface area (Å²) in [6, 6.07) is 5.38. The van der Waals surface area contributed by atoms with E-state index in [2.05, 4.69) is 15.6 Å². The summed E-state index contributed by atoms with van der Waals surface area (Å²) in [6.45, 7) is 0. The van der Waals surface area contributed by atoms with Gasteiger partial charge in [-0.2, -0.15) is 0 Å². The Morgan fingerprint density at radius 2 is 2.13 bits per heavy atom. The molecule has 0 unspecified atom stereocenters. The minimum Gasteiger partial charge on any atom is -0.324 e. The van der Waals surface area contributed by atoms with Crippen LogP contribution in [0.15, 0.2) is 23.1 Å². The summed E-state index contributed by atoms with van der Waals surface area (Å²) < 4.78 is 0. The van der Waals surface area contributed by atoms with Gasteiger partial charge in [0, 0.05) is 15.3 Å². The molecule has 5 nitrogen and oxygen atoms in total. The standard InChI is InChI=1S/C16H15N3O2S2/c20-14-8-22-12-6-5-9(7-11(12)17-14)15(21)19-16-18-10-3-1-2-4-13(10)23-16/h5-7H,1-4,8H2,(H,17,20)(H,18,19,21). The van der Waals surface area contributed by atoms with Crippen LogP contribution in [0.25, 0.3) is 0 Å². The predicted molar refractivity (Wildman–Crippen MR) is 92.5 cm³/mol. The van der Waals surface area contributed by atoms with Crippen LogP contribution in [-0.4, -0.2) is 22.6 Å². The second kappa shape index (κ2) is 5.98. The Labute approximate surface area is 141 Å². The molecule has 4 rings (SSSR count). The number of anilines is 2. The van der Waals surface area contributed by atoms with E-state index in [1.807, 2.05) is 6.07 Å². The number of nitrogens with one attached hydrogen (secondary N) is 2. The third-order valence-corrected chi connectivity index (χ3v) is 6.09. The Balaban J connectivity index is 1.54. The van der Waals surface area contributed by atoms with Crippen LogP contribution in [0.2, 0.25) is 0 Å². The number of carbonyl (C=O) groups is 2. The summed E-state index contributed by atoms with van der Waals surface area (Å²) in [7, 11) is 0. The van der Waals surface area contributed by atoms with Crippen molar-refractivity contribution in [3.05, 3.63) is 34.3 Å². The number of thiazole rings is 1. The molecule has 0 spiro atoms. The number of amides is 2. The van der Waals surface area contributed by atoms with Crippen molar-refractivity contribution in [2.24, 2.45) is 0 Å². The number of nitrogens with zero attached hydrogens (tertiary/aromatic N) is 1. The highest BCUT2D eigenvalue weighted by molar-refractivity contribution is 8.00. The van der Waals surface area contributed by atoms with Gasteiger partial charge in [0.15, 0.2) is 5.13 Å². The zero-order valence-corrected chi connectivity index (χ0v) is 14.0. The first-order chi connectivity index (χ1) is 11.2. The molecular weight excluding hydrogens is 330 g/mol. The lowest BCUT2D eigenvalue weighted by Gasteiger charge is -2.16. The number of rotatable bonds is 2. The van der Waals surface area contributed by atoms with Crippen molar-refractivity contribution in [1.82, 2.24) is 4.98 Å². The van der Waals surface area contributed by atoms with Crippen LogP contribution in [0, 0.1) is 0 Å². The number of aromatic nitrogens is 1. The fraction of sp³-hybridized carbons (Fsp3) is 0.312. The Bertz CT molecular complexity index is 777. The van der Waals surface area contributed by atoms with Gasteiger partial charge in [-0.25, -0.2) is 4.98 Å². The lowest BCUT2D eigenvalue weighted by Crippen LogP contribution is -2.19. The maximum atomic E-state index is 12.4. The number of hydrogen-bond acceptors (Lipinski definition) is 5. The highest BCUT2D eigenvalue weighted by Gasteiger charge is 2.19. The third kappa shape index (κ3) is 2.98. The molecule has 0 atom stereocenters. The van der Waals surface area contributed by atoms with Crippen LogP contribution in [0.1, 0.15) is 33.8 Å². The van der Waals surface area contributed by atoms with Gasteiger partial charge in [-0.05, 0) is 43.9 Å². The minimum atomic E-state index is -0.191. The molecule has 2 aromatic rings. The summed E-state index contributed by atoms with van der Waals surface area (Å²) >= 11 is 3.06. The fourth-order valence-electron chi connectivity index (χ4n) is 2.80. The minimum absolute atomic E-state index is 0.0346. The Morgan fingerprint density at radius 1 is 1.26 bits per heavy atom. The second-order valence-electron chi connectivity index (χ2n) is 5.60. The summed E-state index contributed by atoms with van der Waals surface area (Å²) in [5.41, 5.74) is 2.36. The Morgan fingerprint density at radius 3 is 3.00 bits per heavy atom. The second-order valence-corrected chi connectivity index (χ2v) is 7.70. The van der Waals surface area contributed by atoms with Gasteiger partial charge in [0.2, 0.25) is 5.91 Å². The van der Waals surface area contributed by atoms with E-state index < -0.39 is 0 Å². The fourth-order valence-corrected chi connectivity index (χ4v) is 4.63. The van der Waals surface area contributed by atoms with Crippen molar-refractivity contribution in [2.75, 3.05) is 16.4 Å². The Kier molecular flexibility index (Phi) is 3.82. The van der Waals surface area contributed by atoms with Crippen LogP contribution >= 0.6 is 23.1 Å². The Hall–Kier alpha value is -1.86. The molecule has 7 heteroatoms. The maximum Gasteiger partial charge on any atom is 0.257 e. The first kappa shape index (κ1) is 14.7. The third-order valence-electron chi connectivity index (χ3n) is 3.94. The lowest BCUT2D eigenvalue weighted by atomic mass is 10.0.